The minimum Gasteiger partial charge on any atom is -0.494 e. The number of rotatable bonds is 3. The van der Waals surface area contributed by atoms with Crippen molar-refractivity contribution in [3.8, 4) is 0 Å². The normalized spacial score (nSPS) is 14.8. The van der Waals surface area contributed by atoms with Crippen molar-refractivity contribution in [1.29, 1.82) is 0 Å². The van der Waals surface area contributed by atoms with Crippen molar-refractivity contribution in [2.24, 2.45) is 5.14 Å². The fourth-order valence-electron chi connectivity index (χ4n) is 1.45. The van der Waals surface area contributed by atoms with Crippen LogP contribution in [0, 0.1) is 5.82 Å². The van der Waals surface area contributed by atoms with E-state index in [0.717, 1.165) is 24.5 Å². The number of sulfonamides is 1. The Morgan fingerprint density at radius 3 is 2.65 bits per heavy atom. The van der Waals surface area contributed by atoms with Gasteiger partial charge in [0.05, 0.1) is 10.6 Å². The zero-order chi connectivity index (χ0) is 14.8. The second-order valence-electron chi connectivity index (χ2n) is 3.84. The van der Waals surface area contributed by atoms with Gasteiger partial charge in [0.15, 0.2) is 0 Å². The van der Waals surface area contributed by atoms with Gasteiger partial charge >= 0.3 is 0 Å². The van der Waals surface area contributed by atoms with E-state index in [1.807, 2.05) is 0 Å². The average Bonchev–Trinajstić information content (AvgIpc) is 2.41. The highest BCUT2D eigenvalue weighted by atomic mass is 32.2. The molecule has 1 aromatic carbocycles. The SMILES string of the molecule is NS(=O)(=O)c1ccc(NC(=O)C2=COCCO2)c(F)c1. The molecule has 0 saturated carbocycles. The molecular formula is C11H11FN2O5S. The molecule has 0 fully saturated rings. The third-order valence-electron chi connectivity index (χ3n) is 2.39. The van der Waals surface area contributed by atoms with Crippen molar-refractivity contribution in [3.63, 3.8) is 0 Å². The summed E-state index contributed by atoms with van der Waals surface area (Å²) in [5.74, 6) is -1.72. The summed E-state index contributed by atoms with van der Waals surface area (Å²) in [5, 5.41) is 7.10. The molecular weight excluding hydrogens is 291 g/mol. The second-order valence-corrected chi connectivity index (χ2v) is 5.40. The third kappa shape index (κ3) is 3.25. The number of benzene rings is 1. The quantitative estimate of drug-likeness (QED) is 0.835. The highest BCUT2D eigenvalue weighted by Crippen LogP contribution is 2.19. The minimum atomic E-state index is -4.00. The lowest BCUT2D eigenvalue weighted by Crippen LogP contribution is -2.21. The van der Waals surface area contributed by atoms with Crippen LogP contribution in [0.2, 0.25) is 0 Å². The predicted molar refractivity (Wildman–Crippen MR) is 66.4 cm³/mol. The number of anilines is 1. The Morgan fingerprint density at radius 2 is 2.10 bits per heavy atom. The van der Waals surface area contributed by atoms with Crippen molar-refractivity contribution < 1.29 is 27.1 Å². The van der Waals surface area contributed by atoms with Crippen LogP contribution < -0.4 is 10.5 Å². The summed E-state index contributed by atoms with van der Waals surface area (Å²) in [5.41, 5.74) is -0.197. The fourth-order valence-corrected chi connectivity index (χ4v) is 1.97. The van der Waals surface area contributed by atoms with E-state index < -0.39 is 21.7 Å². The third-order valence-corrected chi connectivity index (χ3v) is 3.30. The van der Waals surface area contributed by atoms with E-state index in [0.29, 0.717) is 6.61 Å². The van der Waals surface area contributed by atoms with Crippen LogP contribution in [0.4, 0.5) is 10.1 Å². The topological polar surface area (TPSA) is 108 Å². The number of carbonyl (C=O) groups is 1. The first-order chi connectivity index (χ1) is 9.38. The molecule has 1 aliphatic heterocycles. The fraction of sp³-hybridized carbons (Fsp3) is 0.182. The lowest BCUT2D eigenvalue weighted by atomic mass is 10.3. The molecule has 1 amide bonds. The summed E-state index contributed by atoms with van der Waals surface area (Å²) in [4.78, 5) is 11.3. The second kappa shape index (κ2) is 5.47. The highest BCUT2D eigenvalue weighted by Gasteiger charge is 2.18. The number of nitrogens with two attached hydrogens (primary N) is 1. The maximum atomic E-state index is 13.7. The predicted octanol–water partition coefficient (Wildman–Crippen LogP) is 0.300. The number of amides is 1. The molecule has 0 atom stereocenters. The van der Waals surface area contributed by atoms with Gasteiger partial charge in [0, 0.05) is 0 Å². The van der Waals surface area contributed by atoms with Gasteiger partial charge < -0.3 is 14.8 Å². The molecule has 20 heavy (non-hydrogen) atoms. The number of hydrogen-bond acceptors (Lipinski definition) is 5. The number of primary sulfonamides is 1. The largest absolute Gasteiger partial charge is 0.494 e. The lowest BCUT2D eigenvalue weighted by Gasteiger charge is -2.15. The van der Waals surface area contributed by atoms with Gasteiger partial charge in [-0.25, -0.2) is 17.9 Å². The Labute approximate surface area is 114 Å². The van der Waals surface area contributed by atoms with Crippen LogP contribution in [-0.2, 0) is 24.3 Å². The van der Waals surface area contributed by atoms with E-state index in [9.17, 15) is 17.6 Å². The van der Waals surface area contributed by atoms with Gasteiger partial charge in [-0.05, 0) is 18.2 Å². The molecule has 3 N–H and O–H groups in total. The summed E-state index contributed by atoms with van der Waals surface area (Å²) in [7, 11) is -4.00. The van der Waals surface area contributed by atoms with Crippen LogP contribution >= 0.6 is 0 Å². The standard InChI is InChI=1S/C11H11FN2O5S/c12-8-5-7(20(13,16)17)1-2-9(8)14-11(15)10-6-18-3-4-19-10/h1-2,5-6H,3-4H2,(H,14,15)(H2,13,16,17). The number of hydrogen-bond donors (Lipinski definition) is 2. The molecule has 7 nitrogen and oxygen atoms in total. The van der Waals surface area contributed by atoms with Gasteiger partial charge in [0.1, 0.15) is 25.3 Å². The zero-order valence-corrected chi connectivity index (χ0v) is 10.9. The van der Waals surface area contributed by atoms with Crippen molar-refractivity contribution in [2.75, 3.05) is 18.5 Å². The Balaban J connectivity index is 2.18. The van der Waals surface area contributed by atoms with Crippen molar-refractivity contribution in [3.05, 3.63) is 36.0 Å². The van der Waals surface area contributed by atoms with Crippen LogP contribution in [-0.4, -0.2) is 27.5 Å². The van der Waals surface area contributed by atoms with E-state index in [-0.39, 0.29) is 22.9 Å². The molecule has 1 heterocycles. The Hall–Kier alpha value is -2.13. The molecule has 9 heteroatoms. The molecule has 0 bridgehead atoms. The van der Waals surface area contributed by atoms with Crippen molar-refractivity contribution >= 4 is 21.6 Å². The molecule has 0 unspecified atom stereocenters. The zero-order valence-electron chi connectivity index (χ0n) is 10.1. The molecule has 0 spiro atoms. The van der Waals surface area contributed by atoms with Crippen LogP contribution in [0.15, 0.2) is 35.1 Å². The average molecular weight is 302 g/mol. The molecule has 0 saturated heterocycles. The molecule has 0 aliphatic carbocycles. The maximum Gasteiger partial charge on any atom is 0.294 e. The number of nitrogens with one attached hydrogen (secondary N) is 1. The number of carbonyl (C=O) groups excluding carboxylic acids is 1. The van der Waals surface area contributed by atoms with Crippen LogP contribution in [0.3, 0.4) is 0 Å². The van der Waals surface area contributed by atoms with Gasteiger partial charge in [-0.2, -0.15) is 0 Å². The Bertz CT molecular complexity index is 671. The maximum absolute atomic E-state index is 13.7. The van der Waals surface area contributed by atoms with Gasteiger partial charge in [0.25, 0.3) is 5.91 Å². The molecule has 0 aromatic heterocycles. The molecule has 0 radical (unpaired) electrons. The monoisotopic (exact) mass is 302 g/mol. The lowest BCUT2D eigenvalue weighted by molar-refractivity contribution is -0.117. The Morgan fingerprint density at radius 1 is 1.35 bits per heavy atom. The van der Waals surface area contributed by atoms with Gasteiger partial charge in [0.2, 0.25) is 15.8 Å². The van der Waals surface area contributed by atoms with E-state index in [1.165, 1.54) is 0 Å². The van der Waals surface area contributed by atoms with E-state index >= 15 is 0 Å². The van der Waals surface area contributed by atoms with Crippen LogP contribution in [0.25, 0.3) is 0 Å². The summed E-state index contributed by atoms with van der Waals surface area (Å²) in [6.07, 6.45) is 1.12. The van der Waals surface area contributed by atoms with Gasteiger partial charge in [-0.3, -0.25) is 4.79 Å². The van der Waals surface area contributed by atoms with Crippen molar-refractivity contribution in [2.45, 2.75) is 4.90 Å². The van der Waals surface area contributed by atoms with Crippen LogP contribution in [0.1, 0.15) is 0 Å². The minimum absolute atomic E-state index is 0.0915. The Kier molecular flexibility index (Phi) is 3.91. The molecule has 2 rings (SSSR count). The first-order valence-corrected chi connectivity index (χ1v) is 7.01. The highest BCUT2D eigenvalue weighted by molar-refractivity contribution is 7.89. The smallest absolute Gasteiger partial charge is 0.294 e. The number of ether oxygens (including phenoxy) is 2. The van der Waals surface area contributed by atoms with Gasteiger partial charge in [-0.1, -0.05) is 0 Å². The van der Waals surface area contributed by atoms with Crippen LogP contribution in [0.5, 0.6) is 0 Å². The van der Waals surface area contributed by atoms with E-state index in [2.05, 4.69) is 5.32 Å². The molecule has 1 aromatic rings. The molecule has 108 valence electrons. The first kappa shape index (κ1) is 14.3. The molecule has 1 aliphatic rings. The summed E-state index contributed by atoms with van der Waals surface area (Å²) >= 11 is 0. The summed E-state index contributed by atoms with van der Waals surface area (Å²) in [6, 6.07) is 2.90. The first-order valence-electron chi connectivity index (χ1n) is 5.46. The number of halogens is 1. The summed E-state index contributed by atoms with van der Waals surface area (Å²) < 4.78 is 45.7. The van der Waals surface area contributed by atoms with E-state index in [1.54, 1.807) is 0 Å². The van der Waals surface area contributed by atoms with Gasteiger partial charge in [-0.15, -0.1) is 0 Å². The van der Waals surface area contributed by atoms with E-state index in [4.69, 9.17) is 14.6 Å². The summed E-state index contributed by atoms with van der Waals surface area (Å²) in [6.45, 7) is 0.542. The van der Waals surface area contributed by atoms with Crippen molar-refractivity contribution in [1.82, 2.24) is 0 Å².